The average molecular weight is 450 g/mol. The van der Waals surface area contributed by atoms with E-state index in [1.807, 2.05) is 6.92 Å². The van der Waals surface area contributed by atoms with E-state index in [0.29, 0.717) is 36.0 Å². The fourth-order valence-corrected chi connectivity index (χ4v) is 3.59. The van der Waals surface area contributed by atoms with E-state index < -0.39 is 6.03 Å². The largest absolute Gasteiger partial charge is 0.491 e. The minimum absolute atomic E-state index is 0.0559. The van der Waals surface area contributed by atoms with Crippen molar-refractivity contribution in [1.82, 2.24) is 4.90 Å². The number of nitrogens with zero attached hydrogens (tertiary/aromatic N) is 1. The van der Waals surface area contributed by atoms with Gasteiger partial charge in [0.15, 0.2) is 0 Å². The molecule has 0 aliphatic carbocycles. The molecule has 7 nitrogen and oxygen atoms in total. The molecule has 1 heterocycles. The van der Waals surface area contributed by atoms with Gasteiger partial charge in [-0.1, -0.05) is 23.7 Å². The van der Waals surface area contributed by atoms with E-state index in [-0.39, 0.29) is 36.9 Å². The number of carbonyl (C=O) groups is 2. The second-order valence-corrected chi connectivity index (χ2v) is 7.85. The maximum atomic E-state index is 13.1. The molecule has 0 radical (unpaired) electrons. The van der Waals surface area contributed by atoms with Crippen LogP contribution in [0.4, 0.5) is 14.9 Å². The van der Waals surface area contributed by atoms with Gasteiger partial charge in [0.1, 0.15) is 11.6 Å². The summed E-state index contributed by atoms with van der Waals surface area (Å²) in [6.45, 7) is 2.94. The quantitative estimate of drug-likeness (QED) is 0.675. The van der Waals surface area contributed by atoms with Crippen LogP contribution < -0.4 is 15.8 Å². The molecule has 2 aromatic carbocycles. The number of carbonyl (C=O) groups excluding carboxylic acids is 2. The van der Waals surface area contributed by atoms with Gasteiger partial charge in [0.05, 0.1) is 37.5 Å². The normalized spacial score (nSPS) is 18.5. The Morgan fingerprint density at radius 2 is 2.03 bits per heavy atom. The summed E-state index contributed by atoms with van der Waals surface area (Å²) in [7, 11) is 0. The summed E-state index contributed by atoms with van der Waals surface area (Å²) < 4.78 is 24.6. The van der Waals surface area contributed by atoms with Crippen molar-refractivity contribution in [2.24, 2.45) is 5.73 Å². The molecule has 0 spiro atoms. The summed E-state index contributed by atoms with van der Waals surface area (Å²) in [6, 6.07) is 10.2. The number of amides is 3. The highest BCUT2D eigenvalue weighted by Gasteiger charge is 2.29. The van der Waals surface area contributed by atoms with Crippen LogP contribution in [-0.4, -0.2) is 48.7 Å². The number of hydrogen-bond acceptors (Lipinski definition) is 4. The molecule has 9 heteroatoms. The van der Waals surface area contributed by atoms with Gasteiger partial charge in [0, 0.05) is 18.0 Å². The van der Waals surface area contributed by atoms with Crippen molar-refractivity contribution in [2.45, 2.75) is 31.9 Å². The fraction of sp³-hybridized carbons (Fsp3) is 0.364. The number of morpholine rings is 1. The van der Waals surface area contributed by atoms with Gasteiger partial charge >= 0.3 is 6.03 Å². The lowest BCUT2D eigenvalue weighted by Gasteiger charge is -2.38. The Labute approximate surface area is 185 Å². The molecule has 3 N–H and O–H groups in total. The van der Waals surface area contributed by atoms with Crippen LogP contribution in [0, 0.1) is 5.82 Å². The van der Waals surface area contributed by atoms with Crippen LogP contribution in [0.5, 0.6) is 5.75 Å². The molecule has 3 rings (SSSR count). The van der Waals surface area contributed by atoms with E-state index in [1.54, 1.807) is 29.2 Å². The van der Waals surface area contributed by atoms with Crippen molar-refractivity contribution >= 4 is 29.2 Å². The van der Waals surface area contributed by atoms with Crippen molar-refractivity contribution in [1.29, 1.82) is 0 Å². The molecule has 2 aromatic rings. The topological polar surface area (TPSA) is 93.9 Å². The molecular formula is C22H25ClFN3O4. The number of primary amides is 1. The summed E-state index contributed by atoms with van der Waals surface area (Å²) in [5.41, 5.74) is 6.46. The number of anilines is 1. The summed E-state index contributed by atoms with van der Waals surface area (Å²) >= 11 is 5.94. The van der Waals surface area contributed by atoms with Crippen molar-refractivity contribution in [3.8, 4) is 5.75 Å². The van der Waals surface area contributed by atoms with Gasteiger partial charge in [-0.3, -0.25) is 4.79 Å². The molecule has 166 valence electrons. The third-order valence-corrected chi connectivity index (χ3v) is 5.21. The van der Waals surface area contributed by atoms with Gasteiger partial charge in [-0.15, -0.1) is 0 Å². The number of ether oxygens (including phenoxy) is 2. The molecule has 2 atom stereocenters. The predicted molar refractivity (Wildman–Crippen MR) is 116 cm³/mol. The third-order valence-electron chi connectivity index (χ3n) is 4.98. The standard InChI is InChI=1S/C22H25ClFN3O4/c1-14-13-31-18(10-15-2-5-17(24)6-3-15)12-27(14)21(28)8-9-30-20-7-4-16(23)11-19(20)26-22(25)29/h2-7,11,14,18H,8-10,12-13H2,1H3,(H3,25,26,29)/t14-,18-/m0/s1. The van der Waals surface area contributed by atoms with E-state index in [2.05, 4.69) is 5.32 Å². The minimum atomic E-state index is -0.738. The summed E-state index contributed by atoms with van der Waals surface area (Å²) in [5.74, 6) is 0.0344. The van der Waals surface area contributed by atoms with Crippen molar-refractivity contribution in [2.75, 3.05) is 25.1 Å². The van der Waals surface area contributed by atoms with Crippen molar-refractivity contribution in [3.05, 3.63) is 58.9 Å². The number of benzene rings is 2. The van der Waals surface area contributed by atoms with Gasteiger partial charge in [-0.05, 0) is 42.8 Å². The highest BCUT2D eigenvalue weighted by atomic mass is 35.5. The first-order valence-corrected chi connectivity index (χ1v) is 10.3. The smallest absolute Gasteiger partial charge is 0.316 e. The zero-order chi connectivity index (χ0) is 22.4. The molecule has 1 aliphatic heterocycles. The molecule has 0 saturated carbocycles. The molecular weight excluding hydrogens is 425 g/mol. The first kappa shape index (κ1) is 22.8. The SMILES string of the molecule is C[C@H]1CO[C@@H](Cc2ccc(F)cc2)CN1C(=O)CCOc1ccc(Cl)cc1NC(N)=O. The van der Waals surface area contributed by atoms with E-state index in [4.69, 9.17) is 26.8 Å². The number of halogens is 2. The minimum Gasteiger partial charge on any atom is -0.491 e. The molecule has 0 aromatic heterocycles. The first-order chi connectivity index (χ1) is 14.8. The zero-order valence-electron chi connectivity index (χ0n) is 17.1. The highest BCUT2D eigenvalue weighted by molar-refractivity contribution is 6.31. The van der Waals surface area contributed by atoms with Gasteiger partial charge in [-0.25, -0.2) is 9.18 Å². The van der Waals surface area contributed by atoms with Gasteiger partial charge < -0.3 is 25.4 Å². The first-order valence-electron chi connectivity index (χ1n) is 9.96. The third kappa shape index (κ3) is 6.57. The summed E-state index contributed by atoms with van der Waals surface area (Å²) in [4.78, 5) is 25.7. The van der Waals surface area contributed by atoms with E-state index >= 15 is 0 Å². The number of nitrogens with one attached hydrogen (secondary N) is 1. The summed E-state index contributed by atoms with van der Waals surface area (Å²) in [5, 5.41) is 2.87. The van der Waals surface area contributed by atoms with Crippen molar-refractivity contribution in [3.63, 3.8) is 0 Å². The maximum Gasteiger partial charge on any atom is 0.316 e. The van der Waals surface area contributed by atoms with Crippen molar-refractivity contribution < 1.29 is 23.5 Å². The van der Waals surface area contributed by atoms with Crippen LogP contribution in [-0.2, 0) is 16.0 Å². The van der Waals surface area contributed by atoms with Gasteiger partial charge in [0.2, 0.25) is 5.91 Å². The second-order valence-electron chi connectivity index (χ2n) is 7.41. The lowest BCUT2D eigenvalue weighted by molar-refractivity contribution is -0.144. The Bertz CT molecular complexity index is 925. The lowest BCUT2D eigenvalue weighted by Crippen LogP contribution is -2.51. The molecule has 3 amide bonds. The van der Waals surface area contributed by atoms with Crippen LogP contribution >= 0.6 is 11.6 Å². The summed E-state index contributed by atoms with van der Waals surface area (Å²) in [6.07, 6.45) is 0.598. The Hall–Kier alpha value is -2.84. The van der Waals surface area contributed by atoms with Crippen LogP contribution in [0.1, 0.15) is 18.9 Å². The molecule has 1 fully saturated rings. The number of urea groups is 1. The molecule has 1 saturated heterocycles. The van der Waals surface area contributed by atoms with E-state index in [9.17, 15) is 14.0 Å². The monoisotopic (exact) mass is 449 g/mol. The zero-order valence-corrected chi connectivity index (χ0v) is 17.9. The molecule has 1 aliphatic rings. The van der Waals surface area contributed by atoms with Crippen LogP contribution in [0.25, 0.3) is 0 Å². The molecule has 0 bridgehead atoms. The average Bonchev–Trinajstić information content (AvgIpc) is 2.72. The predicted octanol–water partition coefficient (Wildman–Crippen LogP) is 3.60. The van der Waals surface area contributed by atoms with E-state index in [0.717, 1.165) is 5.56 Å². The van der Waals surface area contributed by atoms with Crippen LogP contribution in [0.3, 0.4) is 0 Å². The van der Waals surface area contributed by atoms with Crippen LogP contribution in [0.15, 0.2) is 42.5 Å². The number of nitrogens with two attached hydrogens (primary N) is 1. The lowest BCUT2D eigenvalue weighted by atomic mass is 10.0. The number of rotatable bonds is 7. The fourth-order valence-electron chi connectivity index (χ4n) is 3.42. The Balaban J connectivity index is 1.54. The molecule has 0 unspecified atom stereocenters. The van der Waals surface area contributed by atoms with Gasteiger partial charge in [-0.2, -0.15) is 0 Å². The van der Waals surface area contributed by atoms with Gasteiger partial charge in [0.25, 0.3) is 0 Å². The van der Waals surface area contributed by atoms with E-state index in [1.165, 1.54) is 18.2 Å². The number of hydrogen-bond donors (Lipinski definition) is 2. The molecule has 31 heavy (non-hydrogen) atoms. The Morgan fingerprint density at radius 3 is 2.74 bits per heavy atom. The highest BCUT2D eigenvalue weighted by Crippen LogP contribution is 2.28. The second kappa shape index (κ2) is 10.5. The van der Waals surface area contributed by atoms with Crippen LogP contribution in [0.2, 0.25) is 5.02 Å². The Kier molecular flexibility index (Phi) is 7.70. The Morgan fingerprint density at radius 1 is 1.29 bits per heavy atom. The maximum absolute atomic E-state index is 13.1.